The van der Waals surface area contributed by atoms with E-state index in [9.17, 15) is 5.11 Å². The second-order valence-electron chi connectivity index (χ2n) is 9.08. The van der Waals surface area contributed by atoms with Crippen LogP contribution in [0.1, 0.15) is 47.3 Å². The molecule has 1 aliphatic rings. The summed E-state index contributed by atoms with van der Waals surface area (Å²) in [5.41, 5.74) is 9.49. The maximum atomic E-state index is 9.30. The van der Waals surface area contributed by atoms with Crippen molar-refractivity contribution in [2.24, 2.45) is 5.92 Å². The summed E-state index contributed by atoms with van der Waals surface area (Å²) in [6, 6.07) is 6.45. The fraction of sp³-hybridized carbons (Fsp3) is 0.500. The van der Waals surface area contributed by atoms with Crippen LogP contribution in [0.25, 0.3) is 16.7 Å². The highest BCUT2D eigenvalue weighted by Crippen LogP contribution is 2.38. The highest BCUT2D eigenvalue weighted by molar-refractivity contribution is 5.96. The maximum Gasteiger partial charge on any atom is 0.147 e. The van der Waals surface area contributed by atoms with Crippen LogP contribution in [0.3, 0.4) is 0 Å². The van der Waals surface area contributed by atoms with Crippen molar-refractivity contribution in [3.63, 3.8) is 0 Å². The molecule has 0 aliphatic carbocycles. The normalized spacial score (nSPS) is 15.1. The molecule has 5 nitrogen and oxygen atoms in total. The summed E-state index contributed by atoms with van der Waals surface area (Å²) >= 11 is 0. The van der Waals surface area contributed by atoms with E-state index in [2.05, 4.69) is 62.3 Å². The zero-order valence-corrected chi connectivity index (χ0v) is 19.7. The number of hydrogen-bond donors (Lipinski definition) is 1. The SMILES string of the molecule is COc1cc(C)c(-n2c(C)c(C)c3c(N4CCC(CCO)CC4)cc(C)nc32)c(C)c1. The van der Waals surface area contributed by atoms with Gasteiger partial charge in [-0.2, -0.15) is 0 Å². The molecule has 1 fully saturated rings. The molecule has 1 aliphatic heterocycles. The molecular formula is C26H35N3O2. The quantitative estimate of drug-likeness (QED) is 0.617. The number of benzene rings is 1. The van der Waals surface area contributed by atoms with Gasteiger partial charge in [-0.1, -0.05) is 0 Å². The summed E-state index contributed by atoms with van der Waals surface area (Å²) < 4.78 is 7.82. The standard InChI is InChI=1S/C26H35N3O2/c1-16-13-22(31-6)14-17(2)25(16)29-20(5)19(4)24-23(15-18(3)27-26(24)29)28-10-7-21(8-11-28)9-12-30/h13-15,21,30H,7-12H2,1-6H3. The number of fused-ring (bicyclic) bond motifs is 1. The fourth-order valence-electron chi connectivity index (χ4n) is 5.22. The molecule has 0 bridgehead atoms. The van der Waals surface area contributed by atoms with Gasteiger partial charge in [0, 0.05) is 42.2 Å². The third-order valence-corrected chi connectivity index (χ3v) is 6.99. The van der Waals surface area contributed by atoms with E-state index in [1.165, 1.54) is 39.1 Å². The lowest BCUT2D eigenvalue weighted by molar-refractivity contribution is 0.240. The minimum absolute atomic E-state index is 0.297. The molecule has 31 heavy (non-hydrogen) atoms. The number of aryl methyl sites for hydroxylation is 4. The van der Waals surface area contributed by atoms with Crippen molar-refractivity contribution in [2.45, 2.75) is 53.9 Å². The lowest BCUT2D eigenvalue weighted by Gasteiger charge is -2.34. The Morgan fingerprint density at radius 2 is 1.68 bits per heavy atom. The molecule has 3 heterocycles. The maximum absolute atomic E-state index is 9.30. The molecule has 0 saturated carbocycles. The van der Waals surface area contributed by atoms with Crippen LogP contribution >= 0.6 is 0 Å². The number of aromatic nitrogens is 2. The monoisotopic (exact) mass is 421 g/mol. The third kappa shape index (κ3) is 3.80. The average molecular weight is 422 g/mol. The van der Waals surface area contributed by atoms with E-state index in [4.69, 9.17) is 9.72 Å². The summed E-state index contributed by atoms with van der Waals surface area (Å²) in [7, 11) is 1.72. The first-order chi connectivity index (χ1) is 14.8. The van der Waals surface area contributed by atoms with E-state index in [1.54, 1.807) is 7.11 Å². The molecule has 166 valence electrons. The fourth-order valence-corrected chi connectivity index (χ4v) is 5.22. The van der Waals surface area contributed by atoms with Gasteiger partial charge in [0.25, 0.3) is 0 Å². The van der Waals surface area contributed by atoms with E-state index in [0.29, 0.717) is 12.5 Å². The Balaban J connectivity index is 1.87. The van der Waals surface area contributed by atoms with Crippen molar-refractivity contribution in [1.82, 2.24) is 9.55 Å². The number of methoxy groups -OCH3 is 1. The van der Waals surface area contributed by atoms with Gasteiger partial charge in [0.05, 0.1) is 12.8 Å². The van der Waals surface area contributed by atoms with E-state index < -0.39 is 0 Å². The first-order valence-corrected chi connectivity index (χ1v) is 11.4. The lowest BCUT2D eigenvalue weighted by Crippen LogP contribution is -2.34. The second-order valence-corrected chi connectivity index (χ2v) is 9.08. The smallest absolute Gasteiger partial charge is 0.147 e. The Morgan fingerprint density at radius 3 is 2.26 bits per heavy atom. The predicted molar refractivity (Wildman–Crippen MR) is 128 cm³/mol. The Kier molecular flexibility index (Phi) is 5.98. The number of piperidine rings is 1. The number of nitrogens with zero attached hydrogens (tertiary/aromatic N) is 3. The zero-order chi connectivity index (χ0) is 22.3. The van der Waals surface area contributed by atoms with Crippen molar-refractivity contribution >= 4 is 16.7 Å². The highest BCUT2D eigenvalue weighted by Gasteiger charge is 2.25. The molecule has 0 unspecified atom stereocenters. The van der Waals surface area contributed by atoms with Gasteiger partial charge in [-0.15, -0.1) is 0 Å². The number of pyridine rings is 1. The van der Waals surface area contributed by atoms with Crippen molar-refractivity contribution in [1.29, 1.82) is 0 Å². The van der Waals surface area contributed by atoms with Crippen molar-refractivity contribution in [3.8, 4) is 11.4 Å². The Labute approximate surface area is 185 Å². The number of anilines is 1. The van der Waals surface area contributed by atoms with Gasteiger partial charge >= 0.3 is 0 Å². The topological polar surface area (TPSA) is 50.5 Å². The van der Waals surface area contributed by atoms with Crippen molar-refractivity contribution < 1.29 is 9.84 Å². The molecule has 2 aromatic heterocycles. The second kappa shape index (κ2) is 8.54. The van der Waals surface area contributed by atoms with Gasteiger partial charge < -0.3 is 14.7 Å². The molecule has 5 heteroatoms. The number of aliphatic hydroxyl groups is 1. The lowest BCUT2D eigenvalue weighted by atomic mass is 9.93. The largest absolute Gasteiger partial charge is 0.497 e. The molecule has 4 rings (SSSR count). The molecule has 0 spiro atoms. The summed E-state index contributed by atoms with van der Waals surface area (Å²) in [6.45, 7) is 13.2. The molecule has 0 radical (unpaired) electrons. The molecule has 1 aromatic carbocycles. The van der Waals surface area contributed by atoms with E-state index in [0.717, 1.165) is 49.4 Å². The van der Waals surface area contributed by atoms with Gasteiger partial charge in [0.15, 0.2) is 0 Å². The van der Waals surface area contributed by atoms with Crippen LogP contribution < -0.4 is 9.64 Å². The zero-order valence-electron chi connectivity index (χ0n) is 19.7. The first-order valence-electron chi connectivity index (χ1n) is 11.4. The molecule has 1 saturated heterocycles. The Bertz CT molecular complexity index is 1080. The van der Waals surface area contributed by atoms with Gasteiger partial charge in [-0.3, -0.25) is 4.57 Å². The van der Waals surface area contributed by atoms with E-state index >= 15 is 0 Å². The summed E-state index contributed by atoms with van der Waals surface area (Å²) in [5, 5.41) is 10.6. The summed E-state index contributed by atoms with van der Waals surface area (Å²) in [6.07, 6.45) is 3.20. The average Bonchev–Trinajstić information content (AvgIpc) is 2.98. The van der Waals surface area contributed by atoms with Gasteiger partial charge in [-0.25, -0.2) is 4.98 Å². The molecule has 3 aromatic rings. The molecule has 0 atom stereocenters. The van der Waals surface area contributed by atoms with Crippen LogP contribution in [0.5, 0.6) is 5.75 Å². The number of aliphatic hydroxyl groups excluding tert-OH is 1. The predicted octanol–water partition coefficient (Wildman–Crippen LogP) is 5.18. The van der Waals surface area contributed by atoms with Crippen molar-refractivity contribution in [2.75, 3.05) is 31.7 Å². The van der Waals surface area contributed by atoms with Gasteiger partial charge in [0.1, 0.15) is 11.4 Å². The Hall–Kier alpha value is -2.53. The van der Waals surface area contributed by atoms with Crippen LogP contribution in [0.4, 0.5) is 5.69 Å². The highest BCUT2D eigenvalue weighted by atomic mass is 16.5. The summed E-state index contributed by atoms with van der Waals surface area (Å²) in [4.78, 5) is 7.55. The molecule has 1 N–H and O–H groups in total. The van der Waals surface area contributed by atoms with Crippen molar-refractivity contribution in [3.05, 3.63) is 46.3 Å². The number of ether oxygens (including phenoxy) is 1. The minimum Gasteiger partial charge on any atom is -0.497 e. The third-order valence-electron chi connectivity index (χ3n) is 6.99. The van der Waals surface area contributed by atoms with E-state index in [-0.39, 0.29) is 0 Å². The van der Waals surface area contributed by atoms with Gasteiger partial charge in [-0.05, 0) is 94.7 Å². The summed E-state index contributed by atoms with van der Waals surface area (Å²) in [5.74, 6) is 1.52. The van der Waals surface area contributed by atoms with Gasteiger partial charge in [0.2, 0.25) is 0 Å². The molecule has 0 amide bonds. The molecular weight excluding hydrogens is 386 g/mol. The first kappa shape index (κ1) is 21.7. The Morgan fingerprint density at radius 1 is 1.03 bits per heavy atom. The van der Waals surface area contributed by atoms with E-state index in [1.807, 2.05) is 0 Å². The number of hydrogen-bond acceptors (Lipinski definition) is 4. The van der Waals surface area contributed by atoms with Crippen LogP contribution in [0.15, 0.2) is 18.2 Å². The van der Waals surface area contributed by atoms with Crippen LogP contribution in [-0.4, -0.2) is 41.5 Å². The van der Waals surface area contributed by atoms with Crippen LogP contribution in [0, 0.1) is 40.5 Å². The van der Waals surface area contributed by atoms with Crippen LogP contribution in [0.2, 0.25) is 0 Å². The number of rotatable bonds is 5. The van der Waals surface area contributed by atoms with Crippen LogP contribution in [-0.2, 0) is 0 Å². The minimum atomic E-state index is 0.297.